The molecule has 19 heavy (non-hydrogen) atoms. The third kappa shape index (κ3) is 3.05. The van der Waals surface area contributed by atoms with Crippen LogP contribution in [0.2, 0.25) is 0 Å². The van der Waals surface area contributed by atoms with E-state index in [4.69, 9.17) is 5.11 Å². The first-order valence-electron chi connectivity index (χ1n) is 5.77. The molecule has 0 radical (unpaired) electrons. The minimum atomic E-state index is -0.861. The van der Waals surface area contributed by atoms with Crippen LogP contribution in [0, 0.1) is 6.92 Å². The lowest BCUT2D eigenvalue weighted by atomic mass is 10.2. The molecular weight excluding hydrogens is 266 g/mol. The van der Waals surface area contributed by atoms with Crippen molar-refractivity contribution in [3.05, 3.63) is 33.1 Å². The highest BCUT2D eigenvalue weighted by Crippen LogP contribution is 2.20. The summed E-state index contributed by atoms with van der Waals surface area (Å²) in [5, 5.41) is 10.4. The van der Waals surface area contributed by atoms with Crippen LogP contribution < -0.4 is 4.87 Å². The number of carbonyl (C=O) groups is 1. The molecule has 0 spiro atoms. The molecular formula is C12H13N3O3S. The first-order valence-corrected chi connectivity index (χ1v) is 6.65. The fourth-order valence-electron chi connectivity index (χ4n) is 1.77. The Morgan fingerprint density at radius 3 is 2.84 bits per heavy atom. The van der Waals surface area contributed by atoms with Crippen molar-refractivity contribution >= 4 is 17.3 Å². The van der Waals surface area contributed by atoms with E-state index in [1.807, 2.05) is 6.92 Å². The Hall–Kier alpha value is -2.02. The summed E-state index contributed by atoms with van der Waals surface area (Å²) in [5.41, 5.74) is 2.11. The second-order valence-corrected chi connectivity index (χ2v) is 4.85. The molecule has 6 nitrogen and oxygen atoms in total. The van der Waals surface area contributed by atoms with Crippen molar-refractivity contribution in [2.24, 2.45) is 0 Å². The zero-order valence-electron chi connectivity index (χ0n) is 10.4. The summed E-state index contributed by atoms with van der Waals surface area (Å²) in [7, 11) is 0. The van der Waals surface area contributed by atoms with Gasteiger partial charge in [0.2, 0.25) is 0 Å². The Morgan fingerprint density at radius 2 is 2.16 bits per heavy atom. The number of rotatable bonds is 5. The van der Waals surface area contributed by atoms with E-state index in [0.717, 1.165) is 17.0 Å². The molecule has 0 saturated heterocycles. The minimum absolute atomic E-state index is 0.0428. The number of carboxylic acid groups (broad SMARTS) is 1. The summed E-state index contributed by atoms with van der Waals surface area (Å²) >= 11 is 1.09. The van der Waals surface area contributed by atoms with Crippen LogP contribution in [-0.4, -0.2) is 25.6 Å². The van der Waals surface area contributed by atoms with Gasteiger partial charge in [-0.2, -0.15) is 0 Å². The normalized spacial score (nSPS) is 10.6. The Bertz CT molecular complexity index is 648. The van der Waals surface area contributed by atoms with Gasteiger partial charge in [0.05, 0.1) is 11.4 Å². The van der Waals surface area contributed by atoms with Gasteiger partial charge in [-0.05, 0) is 13.3 Å². The number of carboxylic acids is 1. The number of thiazole rings is 1. The second kappa shape index (κ2) is 5.75. The maximum atomic E-state index is 11.8. The number of hydrogen-bond donors (Lipinski definition) is 1. The lowest BCUT2D eigenvalue weighted by molar-refractivity contribution is -0.137. The van der Waals surface area contributed by atoms with Crippen LogP contribution in [0.25, 0.3) is 11.4 Å². The summed E-state index contributed by atoms with van der Waals surface area (Å²) in [4.78, 5) is 30.6. The molecule has 0 saturated carbocycles. The summed E-state index contributed by atoms with van der Waals surface area (Å²) < 4.78 is 1.56. The Labute approximate surface area is 113 Å². The van der Waals surface area contributed by atoms with E-state index >= 15 is 0 Å². The van der Waals surface area contributed by atoms with Gasteiger partial charge >= 0.3 is 10.8 Å². The Morgan fingerprint density at radius 1 is 1.42 bits per heavy atom. The zero-order valence-corrected chi connectivity index (χ0v) is 11.2. The van der Waals surface area contributed by atoms with Crippen molar-refractivity contribution in [1.29, 1.82) is 0 Å². The smallest absolute Gasteiger partial charge is 0.307 e. The molecule has 0 atom stereocenters. The van der Waals surface area contributed by atoms with Crippen LogP contribution >= 0.6 is 11.3 Å². The topological polar surface area (TPSA) is 85.1 Å². The van der Waals surface area contributed by atoms with Gasteiger partial charge in [0.15, 0.2) is 0 Å². The SMILES string of the molecule is Cc1nccnc1-c1csc(=O)n1CCCC(=O)O. The third-order valence-electron chi connectivity index (χ3n) is 2.68. The summed E-state index contributed by atoms with van der Waals surface area (Å²) in [6.07, 6.45) is 3.63. The first kappa shape index (κ1) is 13.4. The number of aromatic nitrogens is 3. The average Bonchev–Trinajstić information content (AvgIpc) is 2.72. The quantitative estimate of drug-likeness (QED) is 0.897. The second-order valence-electron chi connectivity index (χ2n) is 4.03. The van der Waals surface area contributed by atoms with Crippen LogP contribution in [0.15, 0.2) is 22.6 Å². The van der Waals surface area contributed by atoms with Gasteiger partial charge in [0.1, 0.15) is 5.69 Å². The van der Waals surface area contributed by atoms with Crippen LogP contribution in [-0.2, 0) is 11.3 Å². The van der Waals surface area contributed by atoms with Crippen molar-refractivity contribution in [1.82, 2.24) is 14.5 Å². The molecule has 2 aromatic rings. The van der Waals surface area contributed by atoms with Crippen LogP contribution in [0.5, 0.6) is 0 Å². The molecule has 2 rings (SSSR count). The molecule has 0 aromatic carbocycles. The van der Waals surface area contributed by atoms with E-state index in [0.29, 0.717) is 24.4 Å². The largest absolute Gasteiger partial charge is 0.481 e. The van der Waals surface area contributed by atoms with Gasteiger partial charge < -0.3 is 5.11 Å². The maximum Gasteiger partial charge on any atom is 0.307 e. The highest BCUT2D eigenvalue weighted by atomic mass is 32.1. The molecule has 1 N–H and O–H groups in total. The first-order chi connectivity index (χ1) is 9.09. The van der Waals surface area contributed by atoms with Gasteiger partial charge in [0, 0.05) is 30.7 Å². The lowest BCUT2D eigenvalue weighted by Gasteiger charge is -2.07. The number of nitrogens with zero attached hydrogens (tertiary/aromatic N) is 3. The summed E-state index contributed by atoms with van der Waals surface area (Å²) in [6, 6.07) is 0. The standard InChI is InChI=1S/C12H13N3O3S/c1-8-11(14-5-4-13-8)9-7-19-12(18)15(9)6-2-3-10(16)17/h4-5,7H,2-3,6H2,1H3,(H,16,17). The maximum absolute atomic E-state index is 11.8. The van der Waals surface area contributed by atoms with E-state index in [2.05, 4.69) is 9.97 Å². The van der Waals surface area contributed by atoms with Crippen molar-refractivity contribution in [2.45, 2.75) is 26.3 Å². The molecule has 0 aliphatic rings. The molecule has 7 heteroatoms. The fourth-order valence-corrected chi connectivity index (χ4v) is 2.54. The molecule has 2 aromatic heterocycles. The number of aryl methyl sites for hydroxylation is 1. The summed E-state index contributed by atoms with van der Waals surface area (Å²) in [5.74, 6) is -0.861. The third-order valence-corrected chi connectivity index (χ3v) is 3.44. The highest BCUT2D eigenvalue weighted by molar-refractivity contribution is 7.07. The predicted molar refractivity (Wildman–Crippen MR) is 71.2 cm³/mol. The molecule has 0 aliphatic heterocycles. The van der Waals surface area contributed by atoms with Crippen molar-refractivity contribution in [2.75, 3.05) is 0 Å². The predicted octanol–water partition coefficient (Wildman–Crippen LogP) is 1.54. The van der Waals surface area contributed by atoms with Gasteiger partial charge in [0.25, 0.3) is 0 Å². The van der Waals surface area contributed by atoms with E-state index in [1.165, 1.54) is 0 Å². The van der Waals surface area contributed by atoms with Crippen LogP contribution in [0.3, 0.4) is 0 Å². The Balaban J connectivity index is 2.30. The fraction of sp³-hybridized carbons (Fsp3) is 0.333. The van der Waals surface area contributed by atoms with E-state index in [9.17, 15) is 9.59 Å². The van der Waals surface area contributed by atoms with Crippen LogP contribution in [0.1, 0.15) is 18.5 Å². The van der Waals surface area contributed by atoms with E-state index in [-0.39, 0.29) is 11.3 Å². The van der Waals surface area contributed by atoms with Gasteiger partial charge in [-0.15, -0.1) is 0 Å². The van der Waals surface area contributed by atoms with E-state index < -0.39 is 5.97 Å². The highest BCUT2D eigenvalue weighted by Gasteiger charge is 2.13. The molecule has 0 bridgehead atoms. The monoisotopic (exact) mass is 279 g/mol. The zero-order chi connectivity index (χ0) is 13.8. The minimum Gasteiger partial charge on any atom is -0.481 e. The van der Waals surface area contributed by atoms with Gasteiger partial charge in [-0.1, -0.05) is 11.3 Å². The molecule has 0 unspecified atom stereocenters. The Kier molecular flexibility index (Phi) is 4.06. The number of aliphatic carboxylic acids is 1. The average molecular weight is 279 g/mol. The molecule has 0 aliphatic carbocycles. The van der Waals surface area contributed by atoms with Crippen molar-refractivity contribution in [3.63, 3.8) is 0 Å². The van der Waals surface area contributed by atoms with E-state index in [1.54, 1.807) is 22.3 Å². The van der Waals surface area contributed by atoms with Gasteiger partial charge in [-0.3, -0.25) is 24.1 Å². The lowest BCUT2D eigenvalue weighted by Crippen LogP contribution is -2.16. The van der Waals surface area contributed by atoms with Crippen molar-refractivity contribution in [3.8, 4) is 11.4 Å². The molecule has 0 amide bonds. The van der Waals surface area contributed by atoms with Gasteiger partial charge in [-0.25, -0.2) is 0 Å². The summed E-state index contributed by atoms with van der Waals surface area (Å²) in [6.45, 7) is 2.20. The molecule has 0 fully saturated rings. The van der Waals surface area contributed by atoms with Crippen molar-refractivity contribution < 1.29 is 9.90 Å². The number of hydrogen-bond acceptors (Lipinski definition) is 5. The molecule has 2 heterocycles. The molecule has 100 valence electrons. The van der Waals surface area contributed by atoms with Crippen LogP contribution in [0.4, 0.5) is 0 Å².